The molecule has 3 aromatic rings. The molecule has 1 atom stereocenters. The lowest BCUT2D eigenvalue weighted by Crippen LogP contribution is -2.24. The third-order valence-corrected chi connectivity index (χ3v) is 6.65. The van der Waals surface area contributed by atoms with Crippen LogP contribution < -0.4 is 9.64 Å². The highest BCUT2D eigenvalue weighted by atomic mass is 16.5. The van der Waals surface area contributed by atoms with E-state index < -0.39 is 0 Å². The Labute approximate surface area is 194 Å². The van der Waals surface area contributed by atoms with E-state index in [0.29, 0.717) is 6.54 Å². The highest BCUT2D eigenvalue weighted by Crippen LogP contribution is 2.37. The van der Waals surface area contributed by atoms with Crippen molar-refractivity contribution < 1.29 is 9.84 Å². The fourth-order valence-electron chi connectivity index (χ4n) is 4.96. The van der Waals surface area contributed by atoms with Gasteiger partial charge in [-0.15, -0.1) is 0 Å². The highest BCUT2D eigenvalue weighted by molar-refractivity contribution is 5.63. The molecule has 8 heteroatoms. The Kier molecular flexibility index (Phi) is 6.55. The van der Waals surface area contributed by atoms with Crippen LogP contribution in [0.25, 0.3) is 11.3 Å². The largest absolute Gasteiger partial charge is 0.497 e. The topological polar surface area (TPSA) is 79.5 Å². The van der Waals surface area contributed by atoms with E-state index in [0.717, 1.165) is 67.7 Å². The monoisotopic (exact) mass is 448 g/mol. The number of aliphatic hydroxyl groups excluding tert-OH is 1. The number of hydrogen-bond donors (Lipinski definition) is 1. The minimum atomic E-state index is 0.0591. The second-order valence-electron chi connectivity index (χ2n) is 8.83. The molecule has 2 saturated heterocycles. The van der Waals surface area contributed by atoms with Gasteiger partial charge in [0.05, 0.1) is 37.7 Å². The van der Waals surface area contributed by atoms with Crippen LogP contribution in [0.2, 0.25) is 0 Å². The summed E-state index contributed by atoms with van der Waals surface area (Å²) in [7, 11) is 1.69. The van der Waals surface area contributed by atoms with E-state index in [1.54, 1.807) is 7.11 Å². The van der Waals surface area contributed by atoms with Crippen LogP contribution in [0.5, 0.6) is 5.75 Å². The zero-order valence-corrected chi connectivity index (χ0v) is 19.2. The molecule has 174 valence electrons. The molecule has 0 radical (unpaired) electrons. The second-order valence-corrected chi connectivity index (χ2v) is 8.83. The fourth-order valence-corrected chi connectivity index (χ4v) is 4.96. The Morgan fingerprint density at radius 1 is 1.06 bits per heavy atom. The maximum absolute atomic E-state index is 9.52. The Morgan fingerprint density at radius 3 is 2.64 bits per heavy atom. The molecule has 33 heavy (non-hydrogen) atoms. The van der Waals surface area contributed by atoms with Crippen molar-refractivity contribution in [1.29, 1.82) is 0 Å². The third-order valence-electron chi connectivity index (χ3n) is 6.65. The molecular formula is C25H32N6O2. The van der Waals surface area contributed by atoms with Crippen molar-refractivity contribution in [2.45, 2.75) is 44.8 Å². The highest BCUT2D eigenvalue weighted by Gasteiger charge is 2.31. The number of benzene rings is 1. The SMILES string of the molecule is COc1ccc(CN2CCCC2c2nn(CCO)cc2-c2ccnc(N3CCCC3)n2)cc1. The number of methoxy groups -OCH3 is 1. The molecule has 0 saturated carbocycles. The summed E-state index contributed by atoms with van der Waals surface area (Å²) in [5.74, 6) is 1.67. The van der Waals surface area contributed by atoms with Crippen LogP contribution in [0.3, 0.4) is 0 Å². The van der Waals surface area contributed by atoms with Gasteiger partial charge >= 0.3 is 0 Å². The average molecular weight is 449 g/mol. The maximum Gasteiger partial charge on any atom is 0.225 e. The Hall–Kier alpha value is -2.97. The van der Waals surface area contributed by atoms with E-state index in [2.05, 4.69) is 26.9 Å². The molecule has 2 aliphatic rings. The van der Waals surface area contributed by atoms with E-state index in [1.165, 1.54) is 18.4 Å². The summed E-state index contributed by atoms with van der Waals surface area (Å²) in [6.07, 6.45) is 8.46. The first-order valence-electron chi connectivity index (χ1n) is 11.9. The van der Waals surface area contributed by atoms with Crippen LogP contribution in [0.15, 0.2) is 42.7 Å². The Morgan fingerprint density at radius 2 is 1.88 bits per heavy atom. The molecular weight excluding hydrogens is 416 g/mol. The minimum Gasteiger partial charge on any atom is -0.497 e. The van der Waals surface area contributed by atoms with Crippen molar-refractivity contribution >= 4 is 5.95 Å². The summed E-state index contributed by atoms with van der Waals surface area (Å²) in [5.41, 5.74) is 4.25. The van der Waals surface area contributed by atoms with Crippen LogP contribution in [0, 0.1) is 0 Å². The number of aliphatic hydroxyl groups is 1. The molecule has 0 aliphatic carbocycles. The molecule has 5 rings (SSSR count). The molecule has 2 aliphatic heterocycles. The summed E-state index contributed by atoms with van der Waals surface area (Å²) >= 11 is 0. The number of aromatic nitrogens is 4. The van der Waals surface area contributed by atoms with Crippen LogP contribution >= 0.6 is 0 Å². The van der Waals surface area contributed by atoms with Crippen LogP contribution in [0.4, 0.5) is 5.95 Å². The van der Waals surface area contributed by atoms with Gasteiger partial charge in [-0.25, -0.2) is 9.97 Å². The summed E-state index contributed by atoms with van der Waals surface area (Å²) in [6, 6.07) is 10.5. The van der Waals surface area contributed by atoms with E-state index in [9.17, 15) is 5.11 Å². The van der Waals surface area contributed by atoms with E-state index >= 15 is 0 Å². The molecule has 2 fully saturated rings. The van der Waals surface area contributed by atoms with Gasteiger partial charge in [-0.1, -0.05) is 12.1 Å². The molecule has 1 unspecified atom stereocenters. The first kappa shape index (κ1) is 21.9. The number of rotatable bonds is 8. The smallest absolute Gasteiger partial charge is 0.225 e. The standard InChI is InChI=1S/C25H32N6O2/c1-33-20-8-6-19(7-9-20)17-30-14-4-5-23(30)24-21(18-31(28-24)15-16-32)22-10-11-26-25(27-22)29-12-2-3-13-29/h6-11,18,23,32H,2-5,12-17H2,1H3. The predicted octanol–water partition coefficient (Wildman–Crippen LogP) is 3.28. The first-order valence-corrected chi connectivity index (χ1v) is 11.9. The summed E-state index contributed by atoms with van der Waals surface area (Å²) in [6.45, 7) is 4.46. The summed E-state index contributed by atoms with van der Waals surface area (Å²) in [5, 5.41) is 14.4. The van der Waals surface area contributed by atoms with Gasteiger partial charge in [0.15, 0.2) is 0 Å². The van der Waals surface area contributed by atoms with Crippen molar-refractivity contribution in [3.05, 3.63) is 54.0 Å². The van der Waals surface area contributed by atoms with Gasteiger partial charge in [-0.3, -0.25) is 9.58 Å². The van der Waals surface area contributed by atoms with Crippen molar-refractivity contribution in [3.8, 4) is 17.0 Å². The number of anilines is 1. The first-order chi connectivity index (χ1) is 16.2. The summed E-state index contributed by atoms with van der Waals surface area (Å²) < 4.78 is 7.16. The molecule has 1 N–H and O–H groups in total. The minimum absolute atomic E-state index is 0.0591. The van der Waals surface area contributed by atoms with E-state index in [-0.39, 0.29) is 12.6 Å². The van der Waals surface area contributed by atoms with Gasteiger partial charge in [-0.05, 0) is 56.0 Å². The fraction of sp³-hybridized carbons (Fsp3) is 0.480. The van der Waals surface area contributed by atoms with Crippen molar-refractivity contribution in [3.63, 3.8) is 0 Å². The van der Waals surface area contributed by atoms with Gasteiger partial charge in [-0.2, -0.15) is 5.10 Å². The zero-order chi connectivity index (χ0) is 22.6. The number of likely N-dealkylation sites (tertiary alicyclic amines) is 1. The molecule has 2 aromatic heterocycles. The van der Waals surface area contributed by atoms with Gasteiger partial charge in [0.1, 0.15) is 5.75 Å². The number of nitrogens with zero attached hydrogens (tertiary/aromatic N) is 6. The predicted molar refractivity (Wildman–Crippen MR) is 127 cm³/mol. The lowest BCUT2D eigenvalue weighted by atomic mass is 10.0. The Bertz CT molecular complexity index is 1060. The van der Waals surface area contributed by atoms with Gasteiger partial charge in [0, 0.05) is 37.6 Å². The lowest BCUT2D eigenvalue weighted by molar-refractivity contribution is 0.240. The molecule has 8 nitrogen and oxygen atoms in total. The van der Waals surface area contributed by atoms with E-state index in [4.69, 9.17) is 14.8 Å². The lowest BCUT2D eigenvalue weighted by Gasteiger charge is -2.24. The molecule has 1 aromatic carbocycles. The molecule has 0 spiro atoms. The maximum atomic E-state index is 9.52. The van der Waals surface area contributed by atoms with Gasteiger partial charge in [0.2, 0.25) is 5.95 Å². The van der Waals surface area contributed by atoms with E-state index in [1.807, 2.05) is 35.3 Å². The average Bonchev–Trinajstić information content (AvgIpc) is 3.61. The number of hydrogen-bond acceptors (Lipinski definition) is 7. The zero-order valence-electron chi connectivity index (χ0n) is 19.2. The second kappa shape index (κ2) is 9.89. The summed E-state index contributed by atoms with van der Waals surface area (Å²) in [4.78, 5) is 14.2. The van der Waals surface area contributed by atoms with Crippen molar-refractivity contribution in [2.24, 2.45) is 0 Å². The quantitative estimate of drug-likeness (QED) is 0.566. The normalized spacial score (nSPS) is 18.8. The van der Waals surface area contributed by atoms with Crippen LogP contribution in [-0.2, 0) is 13.1 Å². The molecule has 0 bridgehead atoms. The van der Waals surface area contributed by atoms with Crippen molar-refractivity contribution in [1.82, 2.24) is 24.6 Å². The number of ether oxygens (including phenoxy) is 1. The van der Waals surface area contributed by atoms with Crippen LogP contribution in [0.1, 0.15) is 43.0 Å². The Balaban J connectivity index is 1.45. The van der Waals surface area contributed by atoms with Crippen LogP contribution in [-0.4, -0.2) is 63.1 Å². The third kappa shape index (κ3) is 4.72. The van der Waals surface area contributed by atoms with Gasteiger partial charge in [0.25, 0.3) is 0 Å². The molecule has 4 heterocycles. The van der Waals surface area contributed by atoms with Crippen molar-refractivity contribution in [2.75, 3.05) is 38.3 Å². The van der Waals surface area contributed by atoms with Gasteiger partial charge < -0.3 is 14.7 Å². The molecule has 0 amide bonds.